The number of aromatic hydroxyl groups is 1. The first-order chi connectivity index (χ1) is 14.4. The molecule has 0 amide bonds. The van der Waals surface area contributed by atoms with E-state index in [2.05, 4.69) is 31.9 Å². The summed E-state index contributed by atoms with van der Waals surface area (Å²) in [6, 6.07) is 12.2. The molecule has 1 aliphatic rings. The topological polar surface area (TPSA) is 51.1 Å². The second-order valence-corrected chi connectivity index (χ2v) is 6.74. The summed E-state index contributed by atoms with van der Waals surface area (Å²) in [6.07, 6.45) is -4.38. The van der Waals surface area contributed by atoms with Crippen LogP contribution in [0.4, 0.5) is 18.9 Å². The Morgan fingerprint density at radius 1 is 1.10 bits per heavy atom. The highest BCUT2D eigenvalue weighted by Crippen LogP contribution is 2.29. The molecule has 8 heteroatoms. The molecule has 0 aliphatic carbocycles. The molecule has 0 radical (unpaired) electrons. The van der Waals surface area contributed by atoms with Crippen molar-refractivity contribution in [2.24, 2.45) is 4.99 Å². The molecule has 158 valence electrons. The zero-order chi connectivity index (χ0) is 21.6. The Morgan fingerprint density at radius 2 is 1.83 bits per heavy atom. The van der Waals surface area contributed by atoms with Gasteiger partial charge in [-0.25, -0.2) is 0 Å². The van der Waals surface area contributed by atoms with Gasteiger partial charge in [-0.2, -0.15) is 13.2 Å². The van der Waals surface area contributed by atoms with E-state index in [-0.39, 0.29) is 12.3 Å². The molecule has 1 saturated heterocycles. The number of phenolic OH excluding ortho intramolecular Hbond substituents is 1. The van der Waals surface area contributed by atoms with Gasteiger partial charge < -0.3 is 20.2 Å². The molecule has 2 N–H and O–H groups in total. The van der Waals surface area contributed by atoms with Gasteiger partial charge in [0.15, 0.2) is 5.96 Å². The van der Waals surface area contributed by atoms with E-state index in [1.54, 1.807) is 25.2 Å². The molecule has 5 nitrogen and oxygen atoms in total. The molecule has 0 bridgehead atoms. The van der Waals surface area contributed by atoms with Crippen molar-refractivity contribution in [3.63, 3.8) is 0 Å². The first-order valence-corrected chi connectivity index (χ1v) is 9.53. The second-order valence-electron chi connectivity index (χ2n) is 6.74. The smallest absolute Gasteiger partial charge is 0.416 e. The van der Waals surface area contributed by atoms with E-state index in [1.807, 2.05) is 12.1 Å². The molecule has 30 heavy (non-hydrogen) atoms. The van der Waals surface area contributed by atoms with Crippen LogP contribution in [0.3, 0.4) is 0 Å². The van der Waals surface area contributed by atoms with Crippen molar-refractivity contribution in [3.05, 3.63) is 59.7 Å². The van der Waals surface area contributed by atoms with Crippen molar-refractivity contribution in [3.8, 4) is 17.6 Å². The molecule has 2 aromatic carbocycles. The molecule has 0 unspecified atom stereocenters. The lowest BCUT2D eigenvalue weighted by Crippen LogP contribution is -2.52. The average molecular weight is 416 g/mol. The van der Waals surface area contributed by atoms with Gasteiger partial charge in [0.05, 0.1) is 17.8 Å². The van der Waals surface area contributed by atoms with Crippen LogP contribution >= 0.6 is 0 Å². The number of anilines is 1. The first-order valence-electron chi connectivity index (χ1n) is 9.53. The number of halogens is 3. The SMILES string of the molecule is CN=C(NCC#Cc1cccc(C(F)(F)F)c1)N1CCN(c2ccccc2O)CC1. The number of rotatable bonds is 2. The van der Waals surface area contributed by atoms with Gasteiger partial charge in [0.2, 0.25) is 0 Å². The Kier molecular flexibility index (Phi) is 6.72. The highest BCUT2D eigenvalue weighted by Gasteiger charge is 2.30. The molecule has 3 rings (SSSR count). The highest BCUT2D eigenvalue weighted by atomic mass is 19.4. The molecule has 0 saturated carbocycles. The molecule has 1 aliphatic heterocycles. The number of alkyl halides is 3. The van der Waals surface area contributed by atoms with Crippen LogP contribution in [0.25, 0.3) is 0 Å². The molecular formula is C22H23F3N4O. The minimum atomic E-state index is -4.38. The van der Waals surface area contributed by atoms with Crippen LogP contribution in [-0.4, -0.2) is 55.7 Å². The predicted octanol–water partition coefficient (Wildman–Crippen LogP) is 3.16. The number of benzene rings is 2. The minimum absolute atomic E-state index is 0.262. The lowest BCUT2D eigenvalue weighted by Gasteiger charge is -2.37. The normalized spacial score (nSPS) is 14.9. The van der Waals surface area contributed by atoms with Crippen LogP contribution in [0.15, 0.2) is 53.5 Å². The Hall–Kier alpha value is -3.34. The molecule has 0 spiro atoms. The summed E-state index contributed by atoms with van der Waals surface area (Å²) >= 11 is 0. The summed E-state index contributed by atoms with van der Waals surface area (Å²) in [7, 11) is 1.68. The first kappa shape index (κ1) is 21.4. The number of para-hydroxylation sites is 2. The van der Waals surface area contributed by atoms with E-state index in [0.29, 0.717) is 11.5 Å². The van der Waals surface area contributed by atoms with Gasteiger partial charge in [-0.1, -0.05) is 30.0 Å². The number of hydrogen-bond acceptors (Lipinski definition) is 3. The van der Waals surface area contributed by atoms with Gasteiger partial charge in [0.1, 0.15) is 5.75 Å². The number of piperazine rings is 1. The fourth-order valence-corrected chi connectivity index (χ4v) is 3.27. The Morgan fingerprint density at radius 3 is 2.50 bits per heavy atom. The van der Waals surface area contributed by atoms with Gasteiger partial charge in [-0.3, -0.25) is 4.99 Å². The Bertz CT molecular complexity index is 955. The van der Waals surface area contributed by atoms with Crippen LogP contribution in [0.2, 0.25) is 0 Å². The summed E-state index contributed by atoms with van der Waals surface area (Å²) < 4.78 is 38.3. The fourth-order valence-electron chi connectivity index (χ4n) is 3.27. The van der Waals surface area contributed by atoms with Gasteiger partial charge in [0.25, 0.3) is 0 Å². The summed E-state index contributed by atoms with van der Waals surface area (Å²) in [6.45, 7) is 3.16. The number of nitrogens with one attached hydrogen (secondary N) is 1. The number of guanidine groups is 1. The molecule has 1 heterocycles. The van der Waals surface area contributed by atoms with E-state index in [0.717, 1.165) is 44.0 Å². The average Bonchev–Trinajstić information content (AvgIpc) is 2.74. The van der Waals surface area contributed by atoms with Crippen molar-refractivity contribution in [2.45, 2.75) is 6.18 Å². The lowest BCUT2D eigenvalue weighted by atomic mass is 10.1. The monoisotopic (exact) mass is 416 g/mol. The lowest BCUT2D eigenvalue weighted by molar-refractivity contribution is -0.137. The number of aliphatic imine (C=N–C) groups is 1. The van der Waals surface area contributed by atoms with Gasteiger partial charge >= 0.3 is 6.18 Å². The quantitative estimate of drug-likeness (QED) is 0.449. The fraction of sp³-hybridized carbons (Fsp3) is 0.318. The third-order valence-electron chi connectivity index (χ3n) is 4.77. The van der Waals surface area contributed by atoms with Crippen molar-refractivity contribution < 1.29 is 18.3 Å². The Labute approximate surface area is 173 Å². The zero-order valence-electron chi connectivity index (χ0n) is 16.6. The van der Waals surface area contributed by atoms with Crippen LogP contribution in [-0.2, 0) is 6.18 Å². The number of phenols is 1. The van der Waals surface area contributed by atoms with Gasteiger partial charge in [0, 0.05) is 38.8 Å². The van der Waals surface area contributed by atoms with Crippen molar-refractivity contribution in [2.75, 3.05) is 44.7 Å². The largest absolute Gasteiger partial charge is 0.506 e. The van der Waals surface area contributed by atoms with E-state index in [1.165, 1.54) is 6.07 Å². The van der Waals surface area contributed by atoms with Crippen LogP contribution in [0.1, 0.15) is 11.1 Å². The van der Waals surface area contributed by atoms with Crippen LogP contribution in [0.5, 0.6) is 5.75 Å². The maximum Gasteiger partial charge on any atom is 0.416 e. The Balaban J connectivity index is 1.53. The molecular weight excluding hydrogens is 393 g/mol. The van der Waals surface area contributed by atoms with Crippen molar-refractivity contribution >= 4 is 11.6 Å². The van der Waals surface area contributed by atoms with Crippen LogP contribution in [0, 0.1) is 11.8 Å². The van der Waals surface area contributed by atoms with E-state index >= 15 is 0 Å². The third-order valence-corrected chi connectivity index (χ3v) is 4.77. The molecule has 0 atom stereocenters. The molecule has 1 fully saturated rings. The standard InChI is InChI=1S/C22H23F3N4O/c1-26-21(27-11-5-7-17-6-4-8-18(16-17)22(23,24)25)29-14-12-28(13-15-29)19-9-2-3-10-20(19)30/h2-4,6,8-10,16,30H,11-15H2,1H3,(H,26,27). The number of nitrogens with zero attached hydrogens (tertiary/aromatic N) is 3. The third kappa shape index (κ3) is 5.38. The summed E-state index contributed by atoms with van der Waals surface area (Å²) in [5.74, 6) is 6.55. The summed E-state index contributed by atoms with van der Waals surface area (Å²) in [5, 5.41) is 13.1. The van der Waals surface area contributed by atoms with E-state index < -0.39 is 11.7 Å². The van der Waals surface area contributed by atoms with Crippen LogP contribution < -0.4 is 10.2 Å². The van der Waals surface area contributed by atoms with Crippen molar-refractivity contribution in [1.29, 1.82) is 0 Å². The van der Waals surface area contributed by atoms with E-state index in [9.17, 15) is 18.3 Å². The van der Waals surface area contributed by atoms with Crippen molar-refractivity contribution in [1.82, 2.24) is 10.2 Å². The number of hydrogen-bond donors (Lipinski definition) is 2. The zero-order valence-corrected chi connectivity index (χ0v) is 16.6. The van der Waals surface area contributed by atoms with Gasteiger partial charge in [-0.15, -0.1) is 0 Å². The minimum Gasteiger partial charge on any atom is -0.506 e. The maximum atomic E-state index is 12.8. The molecule has 0 aromatic heterocycles. The summed E-state index contributed by atoms with van der Waals surface area (Å²) in [4.78, 5) is 8.47. The second kappa shape index (κ2) is 9.44. The maximum absolute atomic E-state index is 12.8. The highest BCUT2D eigenvalue weighted by molar-refractivity contribution is 5.80. The van der Waals surface area contributed by atoms with E-state index in [4.69, 9.17) is 0 Å². The predicted molar refractivity (Wildman–Crippen MR) is 112 cm³/mol. The van der Waals surface area contributed by atoms with Gasteiger partial charge in [-0.05, 0) is 30.3 Å². The molecule has 2 aromatic rings. The summed E-state index contributed by atoms with van der Waals surface area (Å²) in [5.41, 5.74) is 0.422.